The second-order valence-corrected chi connectivity index (χ2v) is 4.94. The van der Waals surface area contributed by atoms with Crippen LogP contribution in [0.15, 0.2) is 24.3 Å². The maximum absolute atomic E-state index is 12.6. The van der Waals surface area contributed by atoms with Gasteiger partial charge in [0.15, 0.2) is 0 Å². The van der Waals surface area contributed by atoms with Gasteiger partial charge in [-0.1, -0.05) is 12.1 Å². The molecule has 0 fully saturated rings. The number of halogens is 3. The van der Waals surface area contributed by atoms with Crippen molar-refractivity contribution < 1.29 is 13.2 Å². The fourth-order valence-corrected chi connectivity index (χ4v) is 2.34. The number of nitrogens with zero attached hydrogens (tertiary/aromatic N) is 1. The molecule has 90 valence electrons. The Hall–Kier alpha value is -1.36. The summed E-state index contributed by atoms with van der Waals surface area (Å²) in [6, 6.07) is 5.26. The van der Waals surface area contributed by atoms with Crippen molar-refractivity contribution in [2.45, 2.75) is 20.0 Å². The predicted octanol–water partition coefficient (Wildman–Crippen LogP) is 4.45. The van der Waals surface area contributed by atoms with Gasteiger partial charge < -0.3 is 0 Å². The average molecular weight is 257 g/mol. The Kier molecular flexibility index (Phi) is 2.95. The molecule has 0 radical (unpaired) electrons. The van der Waals surface area contributed by atoms with Crippen LogP contribution in [0.2, 0.25) is 0 Å². The normalized spacial score (nSPS) is 11.8. The first-order valence-corrected chi connectivity index (χ1v) is 5.81. The third kappa shape index (κ3) is 2.49. The first-order valence-electron chi connectivity index (χ1n) is 4.99. The van der Waals surface area contributed by atoms with Gasteiger partial charge in [0.1, 0.15) is 5.01 Å². The molecule has 2 rings (SSSR count). The van der Waals surface area contributed by atoms with Crippen molar-refractivity contribution in [2.24, 2.45) is 0 Å². The first-order chi connectivity index (χ1) is 7.88. The molecule has 0 aliphatic heterocycles. The highest BCUT2D eigenvalue weighted by Crippen LogP contribution is 2.33. The van der Waals surface area contributed by atoms with Crippen molar-refractivity contribution in [1.82, 2.24) is 4.98 Å². The number of aryl methyl sites for hydroxylation is 2. The molecule has 2 aromatic rings. The molecular weight excluding hydrogens is 247 g/mol. The minimum Gasteiger partial charge on any atom is -0.241 e. The number of rotatable bonds is 1. The zero-order chi connectivity index (χ0) is 12.6. The number of aromatic nitrogens is 1. The quantitative estimate of drug-likeness (QED) is 0.735. The van der Waals surface area contributed by atoms with Crippen molar-refractivity contribution >= 4 is 11.3 Å². The minimum absolute atomic E-state index is 0.515. The highest BCUT2D eigenvalue weighted by Gasteiger charge is 2.30. The second-order valence-electron chi connectivity index (χ2n) is 3.74. The van der Waals surface area contributed by atoms with Crippen LogP contribution in [0.3, 0.4) is 0 Å². The highest BCUT2D eigenvalue weighted by atomic mass is 32.1. The summed E-state index contributed by atoms with van der Waals surface area (Å²) in [5.41, 5.74) is 0.740. The maximum Gasteiger partial charge on any atom is 0.416 e. The summed E-state index contributed by atoms with van der Waals surface area (Å²) in [5.74, 6) is 0. The molecule has 0 spiro atoms. The van der Waals surface area contributed by atoms with Gasteiger partial charge in [-0.3, -0.25) is 0 Å². The van der Waals surface area contributed by atoms with Gasteiger partial charge in [0, 0.05) is 10.4 Å². The summed E-state index contributed by atoms with van der Waals surface area (Å²) >= 11 is 1.41. The van der Waals surface area contributed by atoms with Gasteiger partial charge in [0.2, 0.25) is 0 Å². The molecule has 1 heterocycles. The Morgan fingerprint density at radius 2 is 1.88 bits per heavy atom. The topological polar surface area (TPSA) is 12.9 Å². The van der Waals surface area contributed by atoms with E-state index in [-0.39, 0.29) is 0 Å². The Balaban J connectivity index is 2.47. The van der Waals surface area contributed by atoms with Crippen LogP contribution < -0.4 is 0 Å². The van der Waals surface area contributed by atoms with Crippen molar-refractivity contribution in [3.63, 3.8) is 0 Å². The molecule has 0 unspecified atom stereocenters. The summed E-state index contributed by atoms with van der Waals surface area (Å²) in [6.07, 6.45) is -4.31. The zero-order valence-corrected chi connectivity index (χ0v) is 10.1. The first kappa shape index (κ1) is 12.1. The van der Waals surface area contributed by atoms with Crippen molar-refractivity contribution in [3.05, 3.63) is 40.4 Å². The SMILES string of the molecule is Cc1nc(-c2cccc(C(F)(F)F)c2)sc1C. The highest BCUT2D eigenvalue weighted by molar-refractivity contribution is 7.15. The molecule has 0 bridgehead atoms. The second kappa shape index (κ2) is 4.14. The van der Waals surface area contributed by atoms with E-state index < -0.39 is 11.7 Å². The van der Waals surface area contributed by atoms with E-state index >= 15 is 0 Å². The number of thiazole rings is 1. The number of alkyl halides is 3. The molecule has 17 heavy (non-hydrogen) atoms. The number of hydrogen-bond acceptors (Lipinski definition) is 2. The average Bonchev–Trinajstić information content (AvgIpc) is 2.58. The van der Waals surface area contributed by atoms with Gasteiger partial charge in [-0.15, -0.1) is 11.3 Å². The van der Waals surface area contributed by atoms with Gasteiger partial charge >= 0.3 is 6.18 Å². The van der Waals surface area contributed by atoms with Gasteiger partial charge in [0.05, 0.1) is 11.3 Å². The Morgan fingerprint density at radius 3 is 2.41 bits per heavy atom. The molecule has 1 aromatic carbocycles. The molecule has 0 atom stereocenters. The Labute approximate surface area is 101 Å². The smallest absolute Gasteiger partial charge is 0.241 e. The van der Waals surface area contributed by atoms with E-state index in [0.717, 1.165) is 22.7 Å². The maximum atomic E-state index is 12.6. The van der Waals surface area contributed by atoms with Gasteiger partial charge in [-0.05, 0) is 26.0 Å². The van der Waals surface area contributed by atoms with Crippen LogP contribution >= 0.6 is 11.3 Å². The predicted molar refractivity (Wildman–Crippen MR) is 62.0 cm³/mol. The Bertz CT molecular complexity index is 523. The van der Waals surface area contributed by atoms with Crippen LogP contribution in [0.1, 0.15) is 16.1 Å². The summed E-state index contributed by atoms with van der Waals surface area (Å²) in [4.78, 5) is 5.28. The van der Waals surface area contributed by atoms with Crippen LogP contribution in [-0.2, 0) is 6.18 Å². The van der Waals surface area contributed by atoms with Gasteiger partial charge in [-0.2, -0.15) is 13.2 Å². The molecule has 0 amide bonds. The Morgan fingerprint density at radius 1 is 1.18 bits per heavy atom. The van der Waals surface area contributed by atoms with E-state index in [2.05, 4.69) is 4.98 Å². The van der Waals surface area contributed by atoms with Crippen LogP contribution in [0, 0.1) is 13.8 Å². The largest absolute Gasteiger partial charge is 0.416 e. The zero-order valence-electron chi connectivity index (χ0n) is 9.30. The molecule has 0 aliphatic carbocycles. The van der Waals surface area contributed by atoms with Crippen LogP contribution in [0.25, 0.3) is 10.6 Å². The van der Waals surface area contributed by atoms with Crippen LogP contribution in [-0.4, -0.2) is 4.98 Å². The lowest BCUT2D eigenvalue weighted by molar-refractivity contribution is -0.137. The van der Waals surface area contributed by atoms with Crippen molar-refractivity contribution in [3.8, 4) is 10.6 Å². The standard InChI is InChI=1S/C12H10F3NS/c1-7-8(2)17-11(16-7)9-4-3-5-10(6-9)12(13,14)15/h3-6H,1-2H3. The van der Waals surface area contributed by atoms with E-state index in [4.69, 9.17) is 0 Å². The molecule has 1 aromatic heterocycles. The lowest BCUT2D eigenvalue weighted by Crippen LogP contribution is -2.04. The fraction of sp³-hybridized carbons (Fsp3) is 0.250. The lowest BCUT2D eigenvalue weighted by Gasteiger charge is -2.07. The van der Waals surface area contributed by atoms with E-state index in [1.54, 1.807) is 6.07 Å². The third-order valence-electron chi connectivity index (χ3n) is 2.47. The minimum atomic E-state index is -4.31. The van der Waals surface area contributed by atoms with E-state index in [0.29, 0.717) is 10.6 Å². The lowest BCUT2D eigenvalue weighted by atomic mass is 10.1. The molecule has 1 nitrogen and oxygen atoms in total. The molecule has 0 aliphatic rings. The molecule has 0 saturated carbocycles. The van der Waals surface area contributed by atoms with E-state index in [1.807, 2.05) is 13.8 Å². The fourth-order valence-electron chi connectivity index (χ4n) is 1.42. The molecule has 0 N–H and O–H groups in total. The van der Waals surface area contributed by atoms with E-state index in [9.17, 15) is 13.2 Å². The summed E-state index contributed by atoms with van der Waals surface area (Å²) in [5, 5.41) is 0.631. The van der Waals surface area contributed by atoms with Gasteiger partial charge in [-0.25, -0.2) is 4.98 Å². The van der Waals surface area contributed by atoms with Crippen LogP contribution in [0.4, 0.5) is 13.2 Å². The summed E-state index contributed by atoms with van der Waals surface area (Å²) < 4.78 is 37.7. The molecule has 0 saturated heterocycles. The number of hydrogen-bond donors (Lipinski definition) is 0. The van der Waals surface area contributed by atoms with Crippen molar-refractivity contribution in [1.29, 1.82) is 0 Å². The van der Waals surface area contributed by atoms with Crippen molar-refractivity contribution in [2.75, 3.05) is 0 Å². The molecular formula is C12H10F3NS. The van der Waals surface area contributed by atoms with Crippen LogP contribution in [0.5, 0.6) is 0 Å². The van der Waals surface area contributed by atoms with Gasteiger partial charge in [0.25, 0.3) is 0 Å². The van der Waals surface area contributed by atoms with E-state index in [1.165, 1.54) is 17.4 Å². The summed E-state index contributed by atoms with van der Waals surface area (Å²) in [7, 11) is 0. The third-order valence-corrected chi connectivity index (χ3v) is 3.59. The monoisotopic (exact) mass is 257 g/mol. The summed E-state index contributed by atoms with van der Waals surface area (Å²) in [6.45, 7) is 3.76. The number of benzene rings is 1. The molecule has 5 heteroatoms.